The molecule has 2 heterocycles. The van der Waals surface area contributed by atoms with Crippen LogP contribution in [0.4, 0.5) is 5.82 Å². The molecule has 0 unspecified atom stereocenters. The van der Waals surface area contributed by atoms with Crippen molar-refractivity contribution < 1.29 is 4.79 Å². The van der Waals surface area contributed by atoms with Gasteiger partial charge in [-0.1, -0.05) is 19.3 Å². The van der Waals surface area contributed by atoms with Crippen molar-refractivity contribution in [1.82, 2.24) is 25.0 Å². The summed E-state index contributed by atoms with van der Waals surface area (Å²) in [6.07, 6.45) is 7.53. The van der Waals surface area contributed by atoms with Gasteiger partial charge in [0.1, 0.15) is 12.1 Å². The minimum atomic E-state index is -0.305. The minimum absolute atomic E-state index is 0.199. The fourth-order valence-corrected chi connectivity index (χ4v) is 2.69. The van der Waals surface area contributed by atoms with E-state index in [0.717, 1.165) is 5.69 Å². The molecule has 0 bridgehead atoms. The van der Waals surface area contributed by atoms with E-state index in [1.807, 2.05) is 13.1 Å². The number of nitrogens with zero attached hydrogens (tertiary/aromatic N) is 4. The van der Waals surface area contributed by atoms with Crippen molar-refractivity contribution in [2.45, 2.75) is 38.0 Å². The van der Waals surface area contributed by atoms with Gasteiger partial charge in [-0.15, -0.1) is 0 Å². The van der Waals surface area contributed by atoms with Gasteiger partial charge >= 0.3 is 0 Å². The van der Waals surface area contributed by atoms with E-state index in [-0.39, 0.29) is 11.7 Å². The van der Waals surface area contributed by atoms with Gasteiger partial charge in [-0.2, -0.15) is 10.2 Å². The van der Waals surface area contributed by atoms with Crippen LogP contribution in [0.15, 0.2) is 12.4 Å². The van der Waals surface area contributed by atoms with Gasteiger partial charge in [0.15, 0.2) is 0 Å². The van der Waals surface area contributed by atoms with Crippen LogP contribution in [0.2, 0.25) is 0 Å². The predicted octanol–water partition coefficient (Wildman–Crippen LogP) is 1.84. The summed E-state index contributed by atoms with van der Waals surface area (Å²) < 4.78 is 1.71. The van der Waals surface area contributed by atoms with E-state index >= 15 is 0 Å². The van der Waals surface area contributed by atoms with Gasteiger partial charge in [-0.25, -0.2) is 4.98 Å². The van der Waals surface area contributed by atoms with Gasteiger partial charge in [0, 0.05) is 19.0 Å². The predicted molar refractivity (Wildman–Crippen MR) is 73.4 cm³/mol. The summed E-state index contributed by atoms with van der Waals surface area (Å²) in [4.78, 5) is 15.8. The lowest BCUT2D eigenvalue weighted by molar-refractivity contribution is 0.101. The van der Waals surface area contributed by atoms with E-state index in [0.29, 0.717) is 11.7 Å². The van der Waals surface area contributed by atoms with Gasteiger partial charge in [0.2, 0.25) is 5.82 Å². The second kappa shape index (κ2) is 5.44. The Morgan fingerprint density at radius 2 is 2.20 bits per heavy atom. The summed E-state index contributed by atoms with van der Waals surface area (Å²) in [5, 5.41) is 13.5. The Labute approximate surface area is 116 Å². The van der Waals surface area contributed by atoms with Gasteiger partial charge in [-0.05, 0) is 12.8 Å². The molecule has 1 saturated carbocycles. The quantitative estimate of drug-likeness (QED) is 0.893. The van der Waals surface area contributed by atoms with E-state index in [4.69, 9.17) is 0 Å². The van der Waals surface area contributed by atoms with Crippen molar-refractivity contribution in [1.29, 1.82) is 0 Å². The van der Waals surface area contributed by atoms with E-state index < -0.39 is 0 Å². The number of anilines is 1. The monoisotopic (exact) mass is 274 g/mol. The highest BCUT2D eigenvalue weighted by atomic mass is 16.2. The highest BCUT2D eigenvalue weighted by molar-refractivity contribution is 6.00. The molecule has 20 heavy (non-hydrogen) atoms. The molecule has 7 nitrogen and oxygen atoms in total. The summed E-state index contributed by atoms with van der Waals surface area (Å²) in [6, 6.07) is 1.96. The molecule has 1 aliphatic carbocycles. The van der Waals surface area contributed by atoms with Crippen molar-refractivity contribution in [3.05, 3.63) is 23.9 Å². The zero-order valence-corrected chi connectivity index (χ0v) is 11.5. The first-order valence-corrected chi connectivity index (χ1v) is 6.94. The lowest BCUT2D eigenvalue weighted by Crippen LogP contribution is -2.16. The van der Waals surface area contributed by atoms with Crippen LogP contribution >= 0.6 is 0 Å². The first kappa shape index (κ1) is 12.8. The van der Waals surface area contributed by atoms with Crippen molar-refractivity contribution in [3.8, 4) is 0 Å². The lowest BCUT2D eigenvalue weighted by atomic mass is 9.87. The molecule has 0 spiro atoms. The molecule has 0 radical (unpaired) electrons. The number of aromatic nitrogens is 5. The first-order valence-electron chi connectivity index (χ1n) is 6.94. The third-order valence-corrected chi connectivity index (χ3v) is 3.79. The number of nitrogens with one attached hydrogen (secondary N) is 2. The molecular weight excluding hydrogens is 256 g/mol. The zero-order valence-electron chi connectivity index (χ0n) is 11.5. The van der Waals surface area contributed by atoms with Crippen LogP contribution in [-0.2, 0) is 7.05 Å². The molecule has 2 aromatic rings. The number of H-pyrrole nitrogens is 1. The standard InChI is InChI=1S/C13H18N6O/c1-19-11(16-13(20)12-14-8-15-17-12)7-10(18-19)9-5-3-2-4-6-9/h7-9H,2-6H2,1H3,(H,16,20)(H,14,15,17). The molecule has 1 aliphatic rings. The number of rotatable bonds is 3. The zero-order chi connectivity index (χ0) is 13.9. The average molecular weight is 274 g/mol. The highest BCUT2D eigenvalue weighted by Gasteiger charge is 2.20. The molecule has 1 amide bonds. The molecule has 0 saturated heterocycles. The van der Waals surface area contributed by atoms with Gasteiger partial charge in [0.05, 0.1) is 5.69 Å². The maximum atomic E-state index is 11.9. The largest absolute Gasteiger partial charge is 0.304 e. The Morgan fingerprint density at radius 1 is 1.40 bits per heavy atom. The third-order valence-electron chi connectivity index (χ3n) is 3.79. The number of hydrogen-bond donors (Lipinski definition) is 2. The Kier molecular flexibility index (Phi) is 3.49. The Balaban J connectivity index is 1.73. The number of carbonyl (C=O) groups excluding carboxylic acids is 1. The van der Waals surface area contributed by atoms with E-state index in [1.165, 1.54) is 38.4 Å². The maximum absolute atomic E-state index is 11.9. The Hall–Kier alpha value is -2.18. The molecule has 0 aromatic carbocycles. The molecule has 0 atom stereocenters. The van der Waals surface area contributed by atoms with Crippen LogP contribution < -0.4 is 5.32 Å². The van der Waals surface area contributed by atoms with Gasteiger partial charge < -0.3 is 5.32 Å². The number of aryl methyl sites for hydroxylation is 1. The highest BCUT2D eigenvalue weighted by Crippen LogP contribution is 2.32. The number of hydrogen-bond acceptors (Lipinski definition) is 4. The van der Waals surface area contributed by atoms with Crippen molar-refractivity contribution >= 4 is 11.7 Å². The van der Waals surface area contributed by atoms with Crippen LogP contribution in [0.1, 0.15) is 54.3 Å². The molecule has 7 heteroatoms. The van der Waals surface area contributed by atoms with Gasteiger partial charge in [0.25, 0.3) is 5.91 Å². The van der Waals surface area contributed by atoms with Crippen molar-refractivity contribution in [2.75, 3.05) is 5.32 Å². The normalized spacial score (nSPS) is 16.2. The molecule has 2 N–H and O–H groups in total. The molecule has 1 fully saturated rings. The van der Waals surface area contributed by atoms with Crippen LogP contribution in [0, 0.1) is 0 Å². The van der Waals surface area contributed by atoms with Crippen LogP contribution in [0.25, 0.3) is 0 Å². The second-order valence-electron chi connectivity index (χ2n) is 5.20. The summed E-state index contributed by atoms with van der Waals surface area (Å²) in [5.41, 5.74) is 1.07. The van der Waals surface area contributed by atoms with Crippen molar-refractivity contribution in [2.24, 2.45) is 7.05 Å². The second-order valence-corrected chi connectivity index (χ2v) is 5.20. The Morgan fingerprint density at radius 3 is 2.90 bits per heavy atom. The van der Waals surface area contributed by atoms with Crippen LogP contribution in [0.5, 0.6) is 0 Å². The van der Waals surface area contributed by atoms with Crippen molar-refractivity contribution in [3.63, 3.8) is 0 Å². The van der Waals surface area contributed by atoms with E-state index in [1.54, 1.807) is 4.68 Å². The van der Waals surface area contributed by atoms with E-state index in [9.17, 15) is 4.79 Å². The van der Waals surface area contributed by atoms with Crippen LogP contribution in [-0.4, -0.2) is 30.9 Å². The summed E-state index contributed by atoms with van der Waals surface area (Å²) in [5.74, 6) is 1.10. The van der Waals surface area contributed by atoms with Gasteiger partial charge in [-0.3, -0.25) is 14.6 Å². The fourth-order valence-electron chi connectivity index (χ4n) is 2.69. The molecular formula is C13H18N6O. The topological polar surface area (TPSA) is 88.5 Å². The summed E-state index contributed by atoms with van der Waals surface area (Å²) in [6.45, 7) is 0. The summed E-state index contributed by atoms with van der Waals surface area (Å²) in [7, 11) is 1.84. The average Bonchev–Trinajstić information content (AvgIpc) is 3.10. The molecule has 106 valence electrons. The molecule has 2 aromatic heterocycles. The van der Waals surface area contributed by atoms with Crippen LogP contribution in [0.3, 0.4) is 0 Å². The smallest absolute Gasteiger partial charge is 0.294 e. The van der Waals surface area contributed by atoms with E-state index in [2.05, 4.69) is 25.6 Å². The maximum Gasteiger partial charge on any atom is 0.294 e. The number of aromatic amines is 1. The lowest BCUT2D eigenvalue weighted by Gasteiger charge is -2.19. The number of amides is 1. The SMILES string of the molecule is Cn1nc(C2CCCCC2)cc1NC(=O)c1ncn[nH]1. The third kappa shape index (κ3) is 2.56. The number of carbonyl (C=O) groups is 1. The Bertz CT molecular complexity index is 582. The summed E-state index contributed by atoms with van der Waals surface area (Å²) >= 11 is 0. The first-order chi connectivity index (χ1) is 9.74. The molecule has 3 rings (SSSR count). The minimum Gasteiger partial charge on any atom is -0.304 e. The molecule has 0 aliphatic heterocycles. The fraction of sp³-hybridized carbons (Fsp3) is 0.538.